The molecule has 4 nitrogen and oxygen atoms in total. The van der Waals surface area contributed by atoms with Gasteiger partial charge in [-0.1, -0.05) is 13.3 Å². The number of nitrogens with one attached hydrogen (secondary N) is 2. The van der Waals surface area contributed by atoms with Crippen LogP contribution in [0.1, 0.15) is 45.4 Å². The molecule has 0 bridgehead atoms. The average Bonchev–Trinajstić information content (AvgIpc) is 2.54. The molecule has 0 unspecified atom stereocenters. The number of carbonyl (C=O) groups is 1. The van der Waals surface area contributed by atoms with Crippen molar-refractivity contribution in [2.45, 2.75) is 45.4 Å². The number of rotatable bonds is 5. The lowest BCUT2D eigenvalue weighted by atomic mass is 10.1. The predicted molar refractivity (Wildman–Crippen MR) is 96.4 cm³/mol. The molecule has 1 aliphatic heterocycles. The summed E-state index contributed by atoms with van der Waals surface area (Å²) in [6, 6.07) is 8.23. The van der Waals surface area contributed by atoms with Gasteiger partial charge in [-0.2, -0.15) is 0 Å². The molecule has 1 heterocycles. The Hall–Kier alpha value is -1.62. The normalized spacial score (nSPS) is 14.5. The highest BCUT2D eigenvalue weighted by Gasteiger charge is 2.10. The zero-order valence-electron chi connectivity index (χ0n) is 13.2. The van der Waals surface area contributed by atoms with E-state index in [2.05, 4.69) is 34.6 Å². The monoisotopic (exact) mass is 319 g/mol. The van der Waals surface area contributed by atoms with Crippen molar-refractivity contribution in [3.8, 4) is 0 Å². The van der Waals surface area contributed by atoms with Gasteiger partial charge >= 0.3 is 0 Å². The molecular weight excluding hydrogens is 294 g/mol. The zero-order chi connectivity index (χ0) is 15.8. The van der Waals surface area contributed by atoms with Gasteiger partial charge in [0, 0.05) is 30.9 Å². The molecule has 22 heavy (non-hydrogen) atoms. The van der Waals surface area contributed by atoms with Gasteiger partial charge in [0.05, 0.1) is 0 Å². The maximum atomic E-state index is 11.6. The molecule has 1 aromatic carbocycles. The van der Waals surface area contributed by atoms with Gasteiger partial charge in [0.1, 0.15) is 0 Å². The van der Waals surface area contributed by atoms with Gasteiger partial charge in [-0.05, 0) is 62.2 Å². The molecular formula is C17H25N3OS. The van der Waals surface area contributed by atoms with Crippen LogP contribution in [0.5, 0.6) is 0 Å². The highest BCUT2D eigenvalue weighted by molar-refractivity contribution is 7.80. The summed E-state index contributed by atoms with van der Waals surface area (Å²) < 4.78 is 0. The Labute approximate surface area is 138 Å². The summed E-state index contributed by atoms with van der Waals surface area (Å²) in [7, 11) is 0. The third-order valence-corrected chi connectivity index (χ3v) is 4.06. The highest BCUT2D eigenvalue weighted by Crippen LogP contribution is 2.21. The third-order valence-electron chi connectivity index (χ3n) is 3.86. The molecule has 0 radical (unpaired) electrons. The van der Waals surface area contributed by atoms with Gasteiger partial charge < -0.3 is 15.5 Å². The first-order chi connectivity index (χ1) is 10.7. The third kappa shape index (κ3) is 5.30. The van der Waals surface area contributed by atoms with Crippen molar-refractivity contribution < 1.29 is 4.79 Å². The van der Waals surface area contributed by atoms with Crippen LogP contribution in [0.3, 0.4) is 0 Å². The van der Waals surface area contributed by atoms with E-state index >= 15 is 0 Å². The lowest BCUT2D eigenvalue weighted by Crippen LogP contribution is -2.34. The minimum atomic E-state index is -0.0238. The second-order valence-corrected chi connectivity index (χ2v) is 6.11. The molecule has 0 aliphatic carbocycles. The zero-order valence-corrected chi connectivity index (χ0v) is 14.0. The Morgan fingerprint density at radius 2 is 1.86 bits per heavy atom. The summed E-state index contributed by atoms with van der Waals surface area (Å²) in [5.74, 6) is -0.0238. The fourth-order valence-corrected chi connectivity index (χ4v) is 2.83. The molecule has 5 heteroatoms. The van der Waals surface area contributed by atoms with Gasteiger partial charge in [-0.15, -0.1) is 0 Å². The van der Waals surface area contributed by atoms with Crippen LogP contribution in [0.4, 0.5) is 11.4 Å². The minimum Gasteiger partial charge on any atom is -0.372 e. The molecule has 0 saturated carbocycles. The number of hydrogen-bond donors (Lipinski definition) is 2. The number of piperidine rings is 1. The number of carbonyl (C=O) groups excluding carboxylic acids is 1. The fraction of sp³-hybridized carbons (Fsp3) is 0.529. The maximum Gasteiger partial charge on any atom is 0.226 e. The van der Waals surface area contributed by atoms with Crippen LogP contribution < -0.4 is 15.5 Å². The summed E-state index contributed by atoms with van der Waals surface area (Å²) >= 11 is 5.17. The van der Waals surface area contributed by atoms with E-state index in [0.29, 0.717) is 11.5 Å². The molecule has 2 rings (SSSR count). The van der Waals surface area contributed by atoms with Crippen LogP contribution in [-0.4, -0.2) is 24.1 Å². The van der Waals surface area contributed by atoms with E-state index in [1.54, 1.807) is 0 Å². The molecule has 1 fully saturated rings. The fourth-order valence-electron chi connectivity index (χ4n) is 2.60. The topological polar surface area (TPSA) is 44.4 Å². The molecule has 1 saturated heterocycles. The SMILES string of the molecule is CCCCC(=O)NC(=S)Nc1ccc(N2CCCCC2)cc1. The van der Waals surface area contributed by atoms with Gasteiger partial charge in [0.25, 0.3) is 0 Å². The van der Waals surface area contributed by atoms with Crippen LogP contribution in [0.15, 0.2) is 24.3 Å². The predicted octanol–water partition coefficient (Wildman–Crippen LogP) is 3.68. The summed E-state index contributed by atoms with van der Waals surface area (Å²) in [5.41, 5.74) is 2.16. The van der Waals surface area contributed by atoms with Crippen LogP contribution >= 0.6 is 12.2 Å². The van der Waals surface area contributed by atoms with Crippen molar-refractivity contribution >= 4 is 34.6 Å². The van der Waals surface area contributed by atoms with E-state index in [0.717, 1.165) is 31.6 Å². The Kier molecular flexibility index (Phi) is 6.65. The van der Waals surface area contributed by atoms with Gasteiger partial charge in [0.15, 0.2) is 5.11 Å². The first kappa shape index (κ1) is 16.7. The Morgan fingerprint density at radius 1 is 1.18 bits per heavy atom. The average molecular weight is 319 g/mol. The summed E-state index contributed by atoms with van der Waals surface area (Å²) in [5, 5.41) is 6.14. The number of nitrogens with zero attached hydrogens (tertiary/aromatic N) is 1. The summed E-state index contributed by atoms with van der Waals surface area (Å²) in [4.78, 5) is 14.0. The first-order valence-corrected chi connectivity index (χ1v) is 8.55. The molecule has 1 aliphatic rings. The second kappa shape index (κ2) is 8.73. The number of benzene rings is 1. The first-order valence-electron chi connectivity index (χ1n) is 8.15. The molecule has 120 valence electrons. The smallest absolute Gasteiger partial charge is 0.226 e. The van der Waals surface area contributed by atoms with Crippen molar-refractivity contribution in [2.24, 2.45) is 0 Å². The summed E-state index contributed by atoms with van der Waals surface area (Å²) in [6.45, 7) is 4.34. The minimum absolute atomic E-state index is 0.0238. The Bertz CT molecular complexity index is 495. The van der Waals surface area contributed by atoms with E-state index in [9.17, 15) is 4.79 Å². The highest BCUT2D eigenvalue weighted by atomic mass is 32.1. The molecule has 1 aromatic rings. The van der Waals surface area contributed by atoms with Crippen molar-refractivity contribution in [1.82, 2.24) is 5.32 Å². The number of unbranched alkanes of at least 4 members (excludes halogenated alkanes) is 1. The number of hydrogen-bond acceptors (Lipinski definition) is 3. The van der Waals surface area contributed by atoms with Gasteiger partial charge in [0.2, 0.25) is 5.91 Å². The molecule has 0 spiro atoms. The van der Waals surface area contributed by atoms with E-state index in [-0.39, 0.29) is 5.91 Å². The lowest BCUT2D eigenvalue weighted by molar-refractivity contribution is -0.119. The molecule has 2 N–H and O–H groups in total. The van der Waals surface area contributed by atoms with Crippen molar-refractivity contribution in [1.29, 1.82) is 0 Å². The van der Waals surface area contributed by atoms with E-state index in [1.165, 1.54) is 24.9 Å². The number of thiocarbonyl (C=S) groups is 1. The standard InChI is InChI=1S/C17H25N3OS/c1-2-3-7-16(21)19-17(22)18-14-8-10-15(11-9-14)20-12-5-4-6-13-20/h8-11H,2-7,12-13H2,1H3,(H2,18,19,21,22). The van der Waals surface area contributed by atoms with Crippen LogP contribution in [-0.2, 0) is 4.79 Å². The maximum absolute atomic E-state index is 11.6. The van der Waals surface area contributed by atoms with E-state index in [4.69, 9.17) is 12.2 Å². The second-order valence-electron chi connectivity index (χ2n) is 5.70. The Morgan fingerprint density at radius 3 is 2.50 bits per heavy atom. The number of anilines is 2. The van der Waals surface area contributed by atoms with Crippen molar-refractivity contribution in [3.63, 3.8) is 0 Å². The van der Waals surface area contributed by atoms with Crippen LogP contribution in [0.25, 0.3) is 0 Å². The molecule has 0 atom stereocenters. The molecule has 0 aromatic heterocycles. The van der Waals surface area contributed by atoms with E-state index < -0.39 is 0 Å². The van der Waals surface area contributed by atoms with Crippen molar-refractivity contribution in [2.75, 3.05) is 23.3 Å². The Balaban J connectivity index is 1.82. The largest absolute Gasteiger partial charge is 0.372 e. The molecule has 1 amide bonds. The van der Waals surface area contributed by atoms with Crippen LogP contribution in [0, 0.1) is 0 Å². The summed E-state index contributed by atoms with van der Waals surface area (Å²) in [6.07, 6.45) is 6.29. The van der Waals surface area contributed by atoms with E-state index in [1.807, 2.05) is 12.1 Å². The van der Waals surface area contributed by atoms with Crippen LogP contribution in [0.2, 0.25) is 0 Å². The quantitative estimate of drug-likeness (QED) is 0.813. The number of amides is 1. The van der Waals surface area contributed by atoms with Crippen molar-refractivity contribution in [3.05, 3.63) is 24.3 Å². The lowest BCUT2D eigenvalue weighted by Gasteiger charge is -2.28. The van der Waals surface area contributed by atoms with Gasteiger partial charge in [-0.25, -0.2) is 0 Å². The van der Waals surface area contributed by atoms with Gasteiger partial charge in [-0.3, -0.25) is 4.79 Å².